The molecule has 1 aliphatic rings. The number of carboxylic acids is 1. The van der Waals surface area contributed by atoms with Gasteiger partial charge in [-0.3, -0.25) is 43.1 Å². The maximum atomic E-state index is 14.1. The Balaban J connectivity index is 1.47. The lowest BCUT2D eigenvalue weighted by Crippen LogP contribution is -2.58. The Morgan fingerprint density at radius 1 is 0.791 bits per heavy atom. The molecular weight excluding hydrogens is 893 g/mol. The molecule has 0 unspecified atom stereocenters. The quantitative estimate of drug-likeness (QED) is 0.0241. The van der Waals surface area contributed by atoms with E-state index >= 15 is 0 Å². The van der Waals surface area contributed by atoms with Crippen LogP contribution in [0.3, 0.4) is 0 Å². The van der Waals surface area contributed by atoms with Crippen LogP contribution in [0.25, 0.3) is 0 Å². The van der Waals surface area contributed by atoms with Crippen LogP contribution in [0.4, 0.5) is 5.82 Å². The number of aliphatic carboxylic acids is 1. The molecule has 11 N–H and O–H groups in total. The number of nitrogens with two attached hydrogens (primary N) is 1. The number of nitrogens with one attached hydrogen (secondary N) is 7. The Kier molecular flexibility index (Phi) is 20.7. The molecule has 3 aromatic rings. The van der Waals surface area contributed by atoms with Crippen molar-refractivity contribution in [2.24, 2.45) is 21.0 Å². The highest BCUT2D eigenvalue weighted by atomic mass is 32.2. The number of aliphatic imine (C=N–C) groups is 1. The average molecular weight is 949 g/mol. The Bertz CT molecular complexity index is 2370. The van der Waals surface area contributed by atoms with E-state index in [-0.39, 0.29) is 73.1 Å². The number of hydrogen-bond donors (Lipinski definition) is 10. The van der Waals surface area contributed by atoms with Crippen molar-refractivity contribution in [2.45, 2.75) is 93.9 Å². The van der Waals surface area contributed by atoms with Crippen LogP contribution in [0, 0.1) is 0 Å². The van der Waals surface area contributed by atoms with Gasteiger partial charge in [-0.2, -0.15) is 13.5 Å². The van der Waals surface area contributed by atoms with Crippen molar-refractivity contribution in [3.05, 3.63) is 89.6 Å². The molecule has 2 heterocycles. The summed E-state index contributed by atoms with van der Waals surface area (Å²) < 4.78 is 32.7. The molecule has 4 atom stereocenters. The second-order valence-corrected chi connectivity index (χ2v) is 16.7. The maximum absolute atomic E-state index is 14.1. The number of pyridine rings is 1. The average Bonchev–Trinajstić information content (AvgIpc) is 3.29. The van der Waals surface area contributed by atoms with Crippen molar-refractivity contribution in [3.63, 3.8) is 0 Å². The van der Waals surface area contributed by atoms with E-state index in [0.717, 1.165) is 6.42 Å². The van der Waals surface area contributed by atoms with Gasteiger partial charge in [-0.1, -0.05) is 55.5 Å². The summed E-state index contributed by atoms with van der Waals surface area (Å²) in [7, 11) is -4.46. The summed E-state index contributed by atoms with van der Waals surface area (Å²) >= 11 is 0. The molecule has 0 radical (unpaired) electrons. The first-order chi connectivity index (χ1) is 32.0. The summed E-state index contributed by atoms with van der Waals surface area (Å²) in [5.41, 5.74) is 6.92. The van der Waals surface area contributed by atoms with Crippen LogP contribution in [0.2, 0.25) is 0 Å². The van der Waals surface area contributed by atoms with E-state index in [0.29, 0.717) is 24.9 Å². The van der Waals surface area contributed by atoms with Gasteiger partial charge in [-0.05, 0) is 67.9 Å². The molecule has 1 saturated heterocycles. The highest BCUT2D eigenvalue weighted by molar-refractivity contribution is 7.85. The van der Waals surface area contributed by atoms with Crippen LogP contribution < -0.4 is 43.0 Å². The summed E-state index contributed by atoms with van der Waals surface area (Å²) in [4.78, 5) is 101. The van der Waals surface area contributed by atoms with Crippen molar-refractivity contribution in [1.82, 2.24) is 42.2 Å². The molecule has 0 bridgehead atoms. The Hall–Kier alpha value is -7.34. The van der Waals surface area contributed by atoms with E-state index in [1.165, 1.54) is 36.5 Å². The molecule has 1 aromatic heterocycles. The molecule has 0 spiro atoms. The van der Waals surface area contributed by atoms with Crippen molar-refractivity contribution in [2.75, 3.05) is 26.2 Å². The minimum absolute atomic E-state index is 0.0113. The largest absolute Gasteiger partial charge is 0.481 e. The lowest BCUT2D eigenvalue weighted by atomic mass is 10.0. The van der Waals surface area contributed by atoms with Crippen molar-refractivity contribution < 1.29 is 51.6 Å². The zero-order chi connectivity index (χ0) is 48.8. The Labute approximate surface area is 386 Å². The fourth-order valence-corrected chi connectivity index (χ4v) is 7.29. The first-order valence-corrected chi connectivity index (χ1v) is 22.9. The van der Waals surface area contributed by atoms with Crippen LogP contribution in [0.15, 0.2) is 93.0 Å². The zero-order valence-corrected chi connectivity index (χ0v) is 37.6. The fraction of sp³-hybridized carbons (Fsp3) is 0.419. The first kappa shape index (κ1) is 52.3. The number of amides is 6. The minimum atomic E-state index is -4.46. The number of azo groups is 1. The number of unbranched alkanes of at least 4 members (excludes halogenated alkanes) is 1. The van der Waals surface area contributed by atoms with Crippen LogP contribution >= 0.6 is 0 Å². The van der Waals surface area contributed by atoms with Crippen LogP contribution in [0.1, 0.15) is 73.4 Å². The van der Waals surface area contributed by atoms with Gasteiger partial charge in [-0.25, -0.2) is 4.98 Å². The number of guanidine groups is 1. The number of rotatable bonds is 20. The number of aromatic nitrogens is 1. The van der Waals surface area contributed by atoms with Crippen LogP contribution in [-0.4, -0.2) is 121 Å². The van der Waals surface area contributed by atoms with E-state index in [1.54, 1.807) is 36.4 Å². The molecule has 360 valence electrons. The van der Waals surface area contributed by atoms with E-state index in [4.69, 9.17) is 5.73 Å². The van der Waals surface area contributed by atoms with Gasteiger partial charge >= 0.3 is 5.97 Å². The number of carboxylic acid groups (broad SMARTS) is 1. The molecule has 67 heavy (non-hydrogen) atoms. The van der Waals surface area contributed by atoms with Crippen molar-refractivity contribution in [1.29, 1.82) is 0 Å². The first-order valence-electron chi connectivity index (χ1n) is 21.5. The third-order valence-corrected chi connectivity index (χ3v) is 11.0. The zero-order valence-electron chi connectivity index (χ0n) is 36.8. The highest BCUT2D eigenvalue weighted by Crippen LogP contribution is 2.18. The molecule has 0 aliphatic carbocycles. The Morgan fingerprint density at radius 3 is 2.12 bits per heavy atom. The van der Waals surface area contributed by atoms with Gasteiger partial charge in [0.15, 0.2) is 11.8 Å². The second-order valence-electron chi connectivity index (χ2n) is 15.3. The summed E-state index contributed by atoms with van der Waals surface area (Å²) in [6.07, 6.45) is 2.10. The molecule has 0 saturated carbocycles. The third-order valence-electron chi connectivity index (χ3n) is 10.00. The van der Waals surface area contributed by atoms with Gasteiger partial charge in [-0.15, -0.1) is 5.11 Å². The van der Waals surface area contributed by atoms with Gasteiger partial charge < -0.3 is 48.1 Å². The van der Waals surface area contributed by atoms with Crippen LogP contribution in [-0.2, 0) is 51.9 Å². The molecular formula is C43H56N12O11S. The number of nitrogens with zero attached hydrogens (tertiary/aromatic N) is 4. The predicted molar refractivity (Wildman–Crippen MR) is 242 cm³/mol. The maximum Gasteiger partial charge on any atom is 0.305 e. The Morgan fingerprint density at radius 2 is 1.43 bits per heavy atom. The lowest BCUT2D eigenvalue weighted by Gasteiger charge is -2.26. The summed E-state index contributed by atoms with van der Waals surface area (Å²) in [5, 5.41) is 35.8. The molecule has 6 amide bonds. The number of carbonyl (C=O) groups is 7. The summed E-state index contributed by atoms with van der Waals surface area (Å²) in [5.74, 6) is -5.73. The highest BCUT2D eigenvalue weighted by Gasteiger charge is 2.33. The topological polar surface area (TPSA) is 354 Å². The standard InChI is InChI=1S/C43H56N12O11S/c1-2-19-46-43(44)47-21-10-15-30-39(60)49-26-36(56)51-33(23-37(57)58)42(63)54-32(22-27-11-4-3-5-12-27)41(62)53-31(40(61)52-30)14-8-9-20-45-38(59)29-17-18-35(48-24-29)55-50-25-28-13-6-7-16-34(28)67(64,65)66/h3-7,11-13,16-18,24,30-33H,2,8-10,14-15,19-23,25-26H2,1H3,(H,45,59)(H,49,60)(H,51,56)(H,52,61)(H,53,62)(H,54,63)(H,57,58)(H3,44,46,47)(H,64,65,66)/t30-,31-,32+,33-/m0/s1. The predicted octanol–water partition coefficient (Wildman–Crippen LogP) is 0.393. The molecule has 1 aliphatic heterocycles. The van der Waals surface area contributed by atoms with E-state index in [1.807, 2.05) is 6.92 Å². The van der Waals surface area contributed by atoms with Crippen molar-refractivity contribution in [3.8, 4) is 0 Å². The lowest BCUT2D eigenvalue weighted by molar-refractivity contribution is -0.141. The van der Waals surface area contributed by atoms with E-state index in [2.05, 4.69) is 57.4 Å². The van der Waals surface area contributed by atoms with E-state index in [9.17, 15) is 51.6 Å². The number of benzene rings is 2. The number of hydrogen-bond acceptors (Lipinski definition) is 13. The van der Waals surface area contributed by atoms with Crippen molar-refractivity contribution >= 4 is 63.3 Å². The molecule has 4 rings (SSSR count). The molecule has 1 fully saturated rings. The molecule has 2 aromatic carbocycles. The second kappa shape index (κ2) is 26.6. The van der Waals surface area contributed by atoms with Gasteiger partial charge in [0.2, 0.25) is 29.5 Å². The minimum Gasteiger partial charge on any atom is -0.481 e. The van der Waals surface area contributed by atoms with Crippen LogP contribution in [0.5, 0.6) is 0 Å². The van der Waals surface area contributed by atoms with Gasteiger partial charge in [0.1, 0.15) is 24.2 Å². The monoisotopic (exact) mass is 948 g/mol. The van der Waals surface area contributed by atoms with E-state index < -0.39 is 88.7 Å². The third kappa shape index (κ3) is 18.2. The molecule has 23 nitrogen and oxygen atoms in total. The molecule has 24 heteroatoms. The SMILES string of the molecule is CCCN=C(N)NCCC[C@@H]1NC(=O)[C@H](CCCCNC(=O)c2ccc(N=NCc3ccccc3S(=O)(=O)O)nc2)NC(=O)[C@@H](Cc2ccccc2)NC(=O)[C@H](CC(=O)O)NC(=O)CNC1=O. The smallest absolute Gasteiger partial charge is 0.305 e. The fourth-order valence-electron chi connectivity index (χ4n) is 6.57. The van der Waals surface area contributed by atoms with Gasteiger partial charge in [0.05, 0.1) is 30.0 Å². The number of carbonyl (C=O) groups excluding carboxylic acids is 6. The summed E-state index contributed by atoms with van der Waals surface area (Å²) in [6.45, 7) is 2.04. The summed E-state index contributed by atoms with van der Waals surface area (Å²) in [6, 6.07) is 11.8. The normalized spacial score (nSPS) is 18.9. The van der Waals surface area contributed by atoms with Gasteiger partial charge in [0.25, 0.3) is 16.0 Å². The van der Waals surface area contributed by atoms with Gasteiger partial charge in [0, 0.05) is 32.3 Å².